The van der Waals surface area contributed by atoms with Crippen molar-refractivity contribution in [3.05, 3.63) is 40.3 Å². The number of pyridine rings is 1. The van der Waals surface area contributed by atoms with E-state index in [2.05, 4.69) is 10.3 Å². The van der Waals surface area contributed by atoms with Crippen molar-refractivity contribution in [3.8, 4) is 5.88 Å². The van der Waals surface area contributed by atoms with Crippen LogP contribution in [0.3, 0.4) is 0 Å². The third kappa shape index (κ3) is 2.79. The van der Waals surface area contributed by atoms with Crippen LogP contribution in [0.2, 0.25) is 0 Å². The molecule has 6 nitrogen and oxygen atoms in total. The molecule has 0 aliphatic carbocycles. The number of nitrogens with one attached hydrogen (secondary N) is 1. The van der Waals surface area contributed by atoms with Crippen LogP contribution in [0.25, 0.3) is 5.65 Å². The van der Waals surface area contributed by atoms with Gasteiger partial charge in [-0.1, -0.05) is 19.9 Å². The van der Waals surface area contributed by atoms with Gasteiger partial charge in [0, 0.05) is 12.7 Å². The molecule has 2 N–H and O–H groups in total. The molecule has 0 radical (unpaired) electrons. The summed E-state index contributed by atoms with van der Waals surface area (Å²) in [5.41, 5.74) is -0.596. The molecule has 2 heterocycles. The predicted molar refractivity (Wildman–Crippen MR) is 74.9 cm³/mol. The number of rotatable bonds is 4. The number of hydrogen-bond acceptors (Lipinski definition) is 4. The molecule has 0 bridgehead atoms. The molecule has 0 spiro atoms. The van der Waals surface area contributed by atoms with E-state index in [1.807, 2.05) is 13.8 Å². The first-order valence-corrected chi connectivity index (χ1v) is 6.49. The van der Waals surface area contributed by atoms with Crippen LogP contribution in [0.5, 0.6) is 5.88 Å². The molecule has 106 valence electrons. The molecule has 0 aromatic carbocycles. The first-order valence-electron chi connectivity index (χ1n) is 6.49. The van der Waals surface area contributed by atoms with Gasteiger partial charge in [-0.25, -0.2) is 0 Å². The van der Waals surface area contributed by atoms with Crippen molar-refractivity contribution in [1.82, 2.24) is 14.7 Å². The van der Waals surface area contributed by atoms with Crippen molar-refractivity contribution < 1.29 is 9.90 Å². The lowest BCUT2D eigenvalue weighted by atomic mass is 10.1. The van der Waals surface area contributed by atoms with Crippen molar-refractivity contribution in [1.29, 1.82) is 0 Å². The molecule has 1 amide bonds. The van der Waals surface area contributed by atoms with Crippen LogP contribution < -0.4 is 10.9 Å². The number of hydrogen-bond donors (Lipinski definition) is 2. The summed E-state index contributed by atoms with van der Waals surface area (Å²) >= 11 is 0. The monoisotopic (exact) mass is 275 g/mol. The van der Waals surface area contributed by atoms with Gasteiger partial charge in [-0.05, 0) is 24.5 Å². The van der Waals surface area contributed by atoms with E-state index >= 15 is 0 Å². The average Bonchev–Trinajstić information content (AvgIpc) is 2.38. The van der Waals surface area contributed by atoms with Gasteiger partial charge < -0.3 is 10.4 Å². The molecule has 0 atom stereocenters. The molecule has 0 saturated carbocycles. The number of aromatic hydroxyl groups is 1. The van der Waals surface area contributed by atoms with Crippen LogP contribution in [0.15, 0.2) is 29.2 Å². The molecule has 6 heteroatoms. The summed E-state index contributed by atoms with van der Waals surface area (Å²) in [4.78, 5) is 28.0. The zero-order valence-corrected chi connectivity index (χ0v) is 11.5. The largest absolute Gasteiger partial charge is 0.493 e. The van der Waals surface area contributed by atoms with Gasteiger partial charge >= 0.3 is 0 Å². The summed E-state index contributed by atoms with van der Waals surface area (Å²) in [7, 11) is 0. The van der Waals surface area contributed by atoms with Crippen LogP contribution >= 0.6 is 0 Å². The van der Waals surface area contributed by atoms with E-state index in [1.54, 1.807) is 18.2 Å². The summed E-state index contributed by atoms with van der Waals surface area (Å²) in [6.07, 6.45) is 2.31. The molecule has 2 aromatic rings. The molecule has 0 unspecified atom stereocenters. The standard InChI is InChI=1S/C14H17N3O3/c1-9(2)6-7-15-12(18)11-13(19)16-10-5-3-4-8-17(10)14(11)20/h3-5,8-9,19H,6-7H2,1-2H3,(H,15,18). The Kier molecular flexibility index (Phi) is 4.02. The van der Waals surface area contributed by atoms with Crippen molar-refractivity contribution in [2.45, 2.75) is 20.3 Å². The fourth-order valence-electron chi connectivity index (χ4n) is 1.84. The maximum atomic E-state index is 12.2. The highest BCUT2D eigenvalue weighted by Crippen LogP contribution is 2.10. The summed E-state index contributed by atoms with van der Waals surface area (Å²) in [6, 6.07) is 4.94. The second kappa shape index (κ2) is 5.73. The van der Waals surface area contributed by atoms with Gasteiger partial charge in [-0.2, -0.15) is 4.98 Å². The Morgan fingerprint density at radius 1 is 1.45 bits per heavy atom. The molecular weight excluding hydrogens is 258 g/mol. The number of amides is 1. The molecule has 0 saturated heterocycles. The van der Waals surface area contributed by atoms with Crippen LogP contribution in [0.1, 0.15) is 30.6 Å². The van der Waals surface area contributed by atoms with Gasteiger partial charge in [0.1, 0.15) is 5.65 Å². The molecule has 0 aliphatic heterocycles. The highest BCUT2D eigenvalue weighted by molar-refractivity contribution is 5.96. The Morgan fingerprint density at radius 2 is 2.20 bits per heavy atom. The van der Waals surface area contributed by atoms with Gasteiger partial charge in [0.2, 0.25) is 5.88 Å². The lowest BCUT2D eigenvalue weighted by Gasteiger charge is -2.08. The van der Waals surface area contributed by atoms with Crippen molar-refractivity contribution in [2.75, 3.05) is 6.54 Å². The average molecular weight is 275 g/mol. The van der Waals surface area contributed by atoms with Crippen LogP contribution in [0.4, 0.5) is 0 Å². The van der Waals surface area contributed by atoms with E-state index in [-0.39, 0.29) is 5.56 Å². The van der Waals surface area contributed by atoms with Gasteiger partial charge in [0.15, 0.2) is 5.56 Å². The zero-order chi connectivity index (χ0) is 14.7. The first-order chi connectivity index (χ1) is 9.50. The van der Waals surface area contributed by atoms with Gasteiger partial charge in [0.25, 0.3) is 11.5 Å². The van der Waals surface area contributed by atoms with Crippen molar-refractivity contribution >= 4 is 11.6 Å². The number of fused-ring (bicyclic) bond motifs is 1. The molecule has 2 rings (SSSR count). The Labute approximate surface area is 116 Å². The zero-order valence-electron chi connectivity index (χ0n) is 11.5. The molecule has 20 heavy (non-hydrogen) atoms. The minimum absolute atomic E-state index is 0.300. The Balaban J connectivity index is 2.34. The first kappa shape index (κ1) is 14.0. The molecule has 2 aromatic heterocycles. The van der Waals surface area contributed by atoms with E-state index in [9.17, 15) is 14.7 Å². The number of aromatic nitrogens is 2. The van der Waals surface area contributed by atoms with Crippen LogP contribution in [0, 0.1) is 5.92 Å². The lowest BCUT2D eigenvalue weighted by molar-refractivity contribution is 0.0947. The number of carbonyl (C=O) groups excluding carboxylic acids is 1. The summed E-state index contributed by atoms with van der Waals surface area (Å²) < 4.78 is 1.23. The number of nitrogens with zero attached hydrogens (tertiary/aromatic N) is 2. The van der Waals surface area contributed by atoms with Crippen LogP contribution in [-0.2, 0) is 0 Å². The fourth-order valence-corrected chi connectivity index (χ4v) is 1.84. The second-order valence-corrected chi connectivity index (χ2v) is 4.98. The van der Waals surface area contributed by atoms with Gasteiger partial charge in [0.05, 0.1) is 0 Å². The maximum Gasteiger partial charge on any atom is 0.274 e. The normalized spacial score (nSPS) is 10.9. The quantitative estimate of drug-likeness (QED) is 0.877. The Bertz CT molecular complexity index is 692. The van der Waals surface area contributed by atoms with Crippen molar-refractivity contribution in [2.24, 2.45) is 5.92 Å². The maximum absolute atomic E-state index is 12.2. The summed E-state index contributed by atoms with van der Waals surface area (Å²) in [5.74, 6) is -0.693. The third-order valence-corrected chi connectivity index (χ3v) is 2.95. The minimum Gasteiger partial charge on any atom is -0.493 e. The molecular formula is C14H17N3O3. The van der Waals surface area contributed by atoms with Crippen molar-refractivity contribution in [3.63, 3.8) is 0 Å². The van der Waals surface area contributed by atoms with E-state index < -0.39 is 17.3 Å². The highest BCUT2D eigenvalue weighted by atomic mass is 16.3. The van der Waals surface area contributed by atoms with Crippen LogP contribution in [-0.4, -0.2) is 26.9 Å². The summed E-state index contributed by atoms with van der Waals surface area (Å²) in [6.45, 7) is 4.53. The summed E-state index contributed by atoms with van der Waals surface area (Å²) in [5, 5.41) is 12.4. The van der Waals surface area contributed by atoms with Gasteiger partial charge in [-0.15, -0.1) is 0 Å². The predicted octanol–water partition coefficient (Wildman–Crippen LogP) is 1.18. The Morgan fingerprint density at radius 3 is 2.90 bits per heavy atom. The number of carbonyl (C=O) groups is 1. The lowest BCUT2D eigenvalue weighted by Crippen LogP contribution is -2.32. The Hall–Kier alpha value is -2.37. The van der Waals surface area contributed by atoms with E-state index in [0.717, 1.165) is 6.42 Å². The molecule has 0 aliphatic rings. The van der Waals surface area contributed by atoms with E-state index in [1.165, 1.54) is 10.6 Å². The fraction of sp³-hybridized carbons (Fsp3) is 0.357. The second-order valence-electron chi connectivity index (χ2n) is 4.98. The highest BCUT2D eigenvalue weighted by Gasteiger charge is 2.19. The topological polar surface area (TPSA) is 83.7 Å². The third-order valence-electron chi connectivity index (χ3n) is 2.95. The molecule has 0 fully saturated rings. The minimum atomic E-state index is -0.598. The smallest absolute Gasteiger partial charge is 0.274 e. The van der Waals surface area contributed by atoms with Gasteiger partial charge in [-0.3, -0.25) is 14.0 Å². The SMILES string of the molecule is CC(C)CCNC(=O)c1c(O)nc2ccccn2c1=O. The van der Waals surface area contributed by atoms with E-state index in [0.29, 0.717) is 18.1 Å². The van der Waals surface area contributed by atoms with E-state index in [4.69, 9.17) is 0 Å².